The van der Waals surface area contributed by atoms with Crippen molar-refractivity contribution in [3.05, 3.63) is 0 Å². The van der Waals surface area contributed by atoms with Crippen LogP contribution in [0.4, 0.5) is 0 Å². The van der Waals surface area contributed by atoms with Gasteiger partial charge >= 0.3 is 0 Å². The van der Waals surface area contributed by atoms with Gasteiger partial charge in [0, 0.05) is 26.1 Å². The summed E-state index contributed by atoms with van der Waals surface area (Å²) in [7, 11) is 3.66. The first-order valence-corrected chi connectivity index (χ1v) is 9.49. The van der Waals surface area contributed by atoms with Crippen LogP contribution < -0.4 is 10.6 Å². The van der Waals surface area contributed by atoms with Crippen LogP contribution in [0.5, 0.6) is 0 Å². The molecule has 1 rings (SSSR count). The second-order valence-corrected chi connectivity index (χ2v) is 9.14. The summed E-state index contributed by atoms with van der Waals surface area (Å²) in [6, 6.07) is 0. The fourth-order valence-electron chi connectivity index (χ4n) is 3.83. The Morgan fingerprint density at radius 1 is 1.12 bits per heavy atom. The van der Waals surface area contributed by atoms with Gasteiger partial charge in [-0.05, 0) is 64.1 Å². The summed E-state index contributed by atoms with van der Waals surface area (Å²) in [5.74, 6) is 0.00463. The molecule has 0 saturated carbocycles. The lowest BCUT2D eigenvalue weighted by Gasteiger charge is -2.49. The van der Waals surface area contributed by atoms with E-state index in [0.717, 1.165) is 6.54 Å². The quantitative estimate of drug-likeness (QED) is 0.775. The normalized spacial score (nSPS) is 18.5. The van der Waals surface area contributed by atoms with E-state index in [9.17, 15) is 4.79 Å². The molecular weight excluding hydrogens is 298 g/mol. The smallest absolute Gasteiger partial charge is 0.216 e. The van der Waals surface area contributed by atoms with Crippen LogP contribution >= 0.6 is 0 Å². The van der Waals surface area contributed by atoms with E-state index in [1.807, 2.05) is 0 Å². The molecule has 1 aliphatic heterocycles. The van der Waals surface area contributed by atoms with Crippen LogP contribution in [0.15, 0.2) is 0 Å². The third kappa shape index (κ3) is 8.48. The van der Waals surface area contributed by atoms with Crippen molar-refractivity contribution >= 4 is 5.91 Å². The van der Waals surface area contributed by atoms with E-state index in [0.29, 0.717) is 16.4 Å². The van der Waals surface area contributed by atoms with Crippen molar-refractivity contribution in [1.29, 1.82) is 0 Å². The van der Waals surface area contributed by atoms with Crippen molar-refractivity contribution in [3.8, 4) is 0 Å². The number of nitrogens with one attached hydrogen (secondary N) is 2. The summed E-state index contributed by atoms with van der Waals surface area (Å²) in [5, 5.41) is 5.73. The standard InChI is InChI=1S/C17H36N2.C3H7NO/c1-8-17(6)9-11-19(12-10-17)16(4,5)13-15(2,3)14-18-7;1-3(5)4-2/h18H,8-14H2,1-7H3;1-2H3,(H,4,5). The molecule has 0 radical (unpaired) electrons. The summed E-state index contributed by atoms with van der Waals surface area (Å²) in [4.78, 5) is 12.4. The van der Waals surface area contributed by atoms with E-state index in [1.165, 1.54) is 45.7 Å². The van der Waals surface area contributed by atoms with Crippen molar-refractivity contribution in [2.75, 3.05) is 33.7 Å². The van der Waals surface area contributed by atoms with Crippen molar-refractivity contribution in [3.63, 3.8) is 0 Å². The molecule has 1 saturated heterocycles. The molecule has 0 unspecified atom stereocenters. The molecule has 0 spiro atoms. The highest BCUT2D eigenvalue weighted by atomic mass is 16.1. The molecule has 4 nitrogen and oxygen atoms in total. The van der Waals surface area contributed by atoms with Crippen molar-refractivity contribution in [2.24, 2.45) is 10.8 Å². The minimum absolute atomic E-state index is 0.00463. The first-order chi connectivity index (χ1) is 10.9. The monoisotopic (exact) mass is 341 g/mol. The number of piperidine rings is 1. The maximum absolute atomic E-state index is 9.70. The summed E-state index contributed by atoms with van der Waals surface area (Å²) >= 11 is 0. The molecule has 0 aromatic heterocycles. The maximum Gasteiger partial charge on any atom is 0.216 e. The molecule has 1 aliphatic rings. The van der Waals surface area contributed by atoms with Gasteiger partial charge in [0.25, 0.3) is 0 Å². The average Bonchev–Trinajstić information content (AvgIpc) is 2.47. The highest BCUT2D eigenvalue weighted by Gasteiger charge is 2.37. The summed E-state index contributed by atoms with van der Waals surface area (Å²) < 4.78 is 0. The van der Waals surface area contributed by atoms with E-state index < -0.39 is 0 Å². The Balaban J connectivity index is 0.000000922. The molecule has 1 fully saturated rings. The maximum atomic E-state index is 9.70. The Labute approximate surface area is 151 Å². The first kappa shape index (κ1) is 23.4. The Kier molecular flexibility index (Phi) is 9.52. The van der Waals surface area contributed by atoms with Gasteiger partial charge in [0.05, 0.1) is 0 Å². The molecule has 144 valence electrons. The van der Waals surface area contributed by atoms with Gasteiger partial charge in [0.1, 0.15) is 0 Å². The number of carbonyl (C=O) groups is 1. The lowest BCUT2D eigenvalue weighted by molar-refractivity contribution is -0.118. The zero-order valence-corrected chi connectivity index (χ0v) is 17.8. The van der Waals surface area contributed by atoms with E-state index in [4.69, 9.17) is 0 Å². The molecular formula is C20H43N3O. The molecule has 0 aromatic rings. The van der Waals surface area contributed by atoms with E-state index in [2.05, 4.69) is 64.1 Å². The van der Waals surface area contributed by atoms with Crippen LogP contribution in [0.25, 0.3) is 0 Å². The summed E-state index contributed by atoms with van der Waals surface area (Å²) in [6.45, 7) is 19.5. The zero-order chi connectivity index (χ0) is 19.0. The van der Waals surface area contributed by atoms with E-state index >= 15 is 0 Å². The van der Waals surface area contributed by atoms with Crippen LogP contribution in [0.3, 0.4) is 0 Å². The number of carbonyl (C=O) groups excluding carboxylic acids is 1. The molecule has 0 bridgehead atoms. The molecule has 1 heterocycles. The minimum Gasteiger partial charge on any atom is -0.359 e. The third-order valence-corrected chi connectivity index (χ3v) is 5.60. The van der Waals surface area contributed by atoms with E-state index in [1.54, 1.807) is 7.05 Å². The second-order valence-electron chi connectivity index (χ2n) is 9.14. The molecule has 1 amide bonds. The van der Waals surface area contributed by atoms with Crippen LogP contribution in [0, 0.1) is 10.8 Å². The SMILES string of the molecule is CCC1(C)CCN(C(C)(C)CC(C)(C)CNC)CC1.CNC(C)=O. The summed E-state index contributed by atoms with van der Waals surface area (Å²) in [6.07, 6.45) is 5.30. The highest BCUT2D eigenvalue weighted by Crippen LogP contribution is 2.39. The van der Waals surface area contributed by atoms with Crippen LogP contribution in [0.1, 0.15) is 74.1 Å². The largest absolute Gasteiger partial charge is 0.359 e. The van der Waals surface area contributed by atoms with Gasteiger partial charge in [0.15, 0.2) is 0 Å². The number of likely N-dealkylation sites (tertiary alicyclic amines) is 1. The third-order valence-electron chi connectivity index (χ3n) is 5.60. The van der Waals surface area contributed by atoms with Gasteiger partial charge in [-0.15, -0.1) is 0 Å². The lowest BCUT2D eigenvalue weighted by atomic mass is 9.74. The van der Waals surface area contributed by atoms with Crippen LogP contribution in [-0.4, -0.2) is 50.1 Å². The fraction of sp³-hybridized carbons (Fsp3) is 0.950. The Bertz CT molecular complexity index is 369. The number of rotatable bonds is 6. The van der Waals surface area contributed by atoms with Crippen molar-refractivity contribution in [2.45, 2.75) is 79.7 Å². The second kappa shape index (κ2) is 9.76. The molecule has 4 heteroatoms. The fourth-order valence-corrected chi connectivity index (χ4v) is 3.83. The lowest BCUT2D eigenvalue weighted by Crippen LogP contribution is -2.52. The summed E-state index contributed by atoms with van der Waals surface area (Å²) in [5.41, 5.74) is 1.27. The molecule has 24 heavy (non-hydrogen) atoms. The van der Waals surface area contributed by atoms with Gasteiger partial charge in [0.2, 0.25) is 5.91 Å². The predicted molar refractivity (Wildman–Crippen MR) is 105 cm³/mol. The van der Waals surface area contributed by atoms with Gasteiger partial charge < -0.3 is 10.6 Å². The van der Waals surface area contributed by atoms with Crippen molar-refractivity contribution < 1.29 is 4.79 Å². The Morgan fingerprint density at radius 2 is 1.58 bits per heavy atom. The van der Waals surface area contributed by atoms with Crippen LogP contribution in [0.2, 0.25) is 0 Å². The molecule has 0 atom stereocenters. The van der Waals surface area contributed by atoms with Crippen LogP contribution in [-0.2, 0) is 4.79 Å². The van der Waals surface area contributed by atoms with Gasteiger partial charge in [-0.1, -0.05) is 34.1 Å². The Hall–Kier alpha value is -0.610. The van der Waals surface area contributed by atoms with Crippen molar-refractivity contribution in [1.82, 2.24) is 15.5 Å². The number of hydrogen-bond acceptors (Lipinski definition) is 3. The van der Waals surface area contributed by atoms with Gasteiger partial charge in [-0.25, -0.2) is 0 Å². The number of nitrogens with zero attached hydrogens (tertiary/aromatic N) is 1. The first-order valence-electron chi connectivity index (χ1n) is 9.49. The van der Waals surface area contributed by atoms with Gasteiger partial charge in [-0.2, -0.15) is 0 Å². The predicted octanol–water partition coefficient (Wildman–Crippen LogP) is 3.67. The highest BCUT2D eigenvalue weighted by molar-refractivity contribution is 5.72. The average molecular weight is 342 g/mol. The zero-order valence-electron chi connectivity index (χ0n) is 17.8. The van der Waals surface area contributed by atoms with E-state index in [-0.39, 0.29) is 5.91 Å². The van der Waals surface area contributed by atoms with Gasteiger partial charge in [-0.3, -0.25) is 9.69 Å². The molecule has 2 N–H and O–H groups in total. The number of amides is 1. The minimum atomic E-state index is 0.00463. The number of hydrogen-bond donors (Lipinski definition) is 2. The molecule has 0 aromatic carbocycles. The Morgan fingerprint density at radius 3 is 1.92 bits per heavy atom. The molecule has 0 aliphatic carbocycles. The topological polar surface area (TPSA) is 44.4 Å².